The van der Waals surface area contributed by atoms with Gasteiger partial charge in [0.25, 0.3) is 11.5 Å². The van der Waals surface area contributed by atoms with Gasteiger partial charge in [0, 0.05) is 11.3 Å². The Hall–Kier alpha value is -3.98. The second kappa shape index (κ2) is 11.8. The number of ether oxygens (including phenoxy) is 2. The molecule has 1 amide bonds. The molecule has 0 aliphatic heterocycles. The first-order valence-corrected chi connectivity index (χ1v) is 13.9. The van der Waals surface area contributed by atoms with E-state index < -0.39 is 11.9 Å². The first kappa shape index (κ1) is 26.6. The average Bonchev–Trinajstić information content (AvgIpc) is 3.32. The van der Waals surface area contributed by atoms with Crippen LogP contribution in [0.5, 0.6) is 11.5 Å². The highest BCUT2D eigenvalue weighted by atomic mass is 32.1. The summed E-state index contributed by atoms with van der Waals surface area (Å²) in [5.41, 5.74) is 5.41. The minimum absolute atomic E-state index is 0.175. The summed E-state index contributed by atoms with van der Waals surface area (Å²) >= 11 is 1.60. The number of hydrazone groups is 1. The monoisotopic (exact) mass is 544 g/mol. The van der Waals surface area contributed by atoms with E-state index in [-0.39, 0.29) is 5.56 Å². The summed E-state index contributed by atoms with van der Waals surface area (Å²) in [6.45, 7) is 4.43. The summed E-state index contributed by atoms with van der Waals surface area (Å²) in [6.07, 6.45) is 6.70. The van der Waals surface area contributed by atoms with E-state index in [0.29, 0.717) is 29.4 Å². The van der Waals surface area contributed by atoms with Gasteiger partial charge in [-0.1, -0.05) is 37.3 Å². The van der Waals surface area contributed by atoms with Crippen LogP contribution < -0.4 is 20.5 Å². The highest BCUT2D eigenvalue weighted by Gasteiger charge is 2.25. The SMILES string of the molecule is COc1cc(/C=N\NC(=O)[C@@H](C)n2cnc3sc4c(c3c2=O)CC[C@H](C)C4)ccc1OCCc1ccccc1. The van der Waals surface area contributed by atoms with Crippen molar-refractivity contribution in [3.05, 3.63) is 86.8 Å². The molecule has 9 heteroatoms. The van der Waals surface area contributed by atoms with Crippen molar-refractivity contribution in [1.29, 1.82) is 0 Å². The van der Waals surface area contributed by atoms with Gasteiger partial charge in [-0.05, 0) is 67.0 Å². The van der Waals surface area contributed by atoms with Crippen LogP contribution in [0.1, 0.15) is 47.9 Å². The molecule has 202 valence electrons. The number of nitrogens with one attached hydrogen (secondary N) is 1. The van der Waals surface area contributed by atoms with Gasteiger partial charge in [0.1, 0.15) is 10.9 Å². The Balaban J connectivity index is 1.23. The van der Waals surface area contributed by atoms with Crippen LogP contribution in [0.25, 0.3) is 10.2 Å². The van der Waals surface area contributed by atoms with Crippen molar-refractivity contribution < 1.29 is 14.3 Å². The smallest absolute Gasteiger partial charge is 0.263 e. The zero-order valence-corrected chi connectivity index (χ0v) is 23.2. The van der Waals surface area contributed by atoms with Gasteiger partial charge in [-0.3, -0.25) is 14.2 Å². The van der Waals surface area contributed by atoms with Crippen LogP contribution in [0.3, 0.4) is 0 Å². The summed E-state index contributed by atoms with van der Waals surface area (Å²) in [5.74, 6) is 1.42. The molecule has 1 N–H and O–H groups in total. The van der Waals surface area contributed by atoms with Crippen LogP contribution in [0.4, 0.5) is 0 Å². The van der Waals surface area contributed by atoms with Crippen molar-refractivity contribution in [3.63, 3.8) is 0 Å². The number of rotatable bonds is 9. The number of fused-ring (bicyclic) bond motifs is 3. The lowest BCUT2D eigenvalue weighted by Crippen LogP contribution is -2.34. The van der Waals surface area contributed by atoms with Crippen LogP contribution in [0.2, 0.25) is 0 Å². The summed E-state index contributed by atoms with van der Waals surface area (Å²) in [6, 6.07) is 14.8. The summed E-state index contributed by atoms with van der Waals surface area (Å²) in [7, 11) is 1.58. The number of benzene rings is 2. The Kier molecular flexibility index (Phi) is 8.07. The van der Waals surface area contributed by atoms with Crippen LogP contribution in [0.15, 0.2) is 64.8 Å². The van der Waals surface area contributed by atoms with E-state index in [0.717, 1.165) is 41.6 Å². The van der Waals surface area contributed by atoms with E-state index in [1.807, 2.05) is 30.3 Å². The average molecular weight is 545 g/mol. The first-order valence-electron chi connectivity index (χ1n) is 13.1. The third kappa shape index (κ3) is 5.88. The van der Waals surface area contributed by atoms with Crippen molar-refractivity contribution in [2.75, 3.05) is 13.7 Å². The van der Waals surface area contributed by atoms with Gasteiger partial charge in [-0.15, -0.1) is 11.3 Å². The largest absolute Gasteiger partial charge is 0.493 e. The highest BCUT2D eigenvalue weighted by Crippen LogP contribution is 2.35. The summed E-state index contributed by atoms with van der Waals surface area (Å²) in [4.78, 5) is 32.7. The number of hydrogen-bond acceptors (Lipinski definition) is 7. The van der Waals surface area contributed by atoms with Crippen molar-refractivity contribution in [2.24, 2.45) is 11.0 Å². The molecule has 0 fully saturated rings. The maximum Gasteiger partial charge on any atom is 0.263 e. The zero-order valence-electron chi connectivity index (χ0n) is 22.3. The first-order chi connectivity index (χ1) is 18.9. The molecule has 0 bridgehead atoms. The molecule has 2 aromatic heterocycles. The Morgan fingerprint density at radius 1 is 1.26 bits per heavy atom. The maximum atomic E-state index is 13.3. The zero-order chi connectivity index (χ0) is 27.4. The number of aromatic nitrogens is 2. The third-order valence-corrected chi connectivity index (χ3v) is 8.27. The quantitative estimate of drug-likeness (QED) is 0.238. The number of carbonyl (C=O) groups excluding carboxylic acids is 1. The second-order valence-corrected chi connectivity index (χ2v) is 11.0. The van der Waals surface area contributed by atoms with E-state index in [4.69, 9.17) is 9.47 Å². The molecule has 5 rings (SSSR count). The van der Waals surface area contributed by atoms with Crippen LogP contribution in [0, 0.1) is 5.92 Å². The van der Waals surface area contributed by atoms with Gasteiger partial charge in [0.2, 0.25) is 0 Å². The molecule has 2 heterocycles. The fraction of sp³-hybridized carbons (Fsp3) is 0.333. The minimum Gasteiger partial charge on any atom is -0.493 e. The molecule has 4 aromatic rings. The molecule has 0 unspecified atom stereocenters. The normalized spacial score (nSPS) is 15.7. The van der Waals surface area contributed by atoms with Crippen molar-refractivity contribution >= 4 is 33.7 Å². The molecule has 1 aliphatic carbocycles. The van der Waals surface area contributed by atoms with Crippen LogP contribution in [-0.2, 0) is 24.1 Å². The van der Waals surface area contributed by atoms with E-state index in [1.165, 1.54) is 27.5 Å². The molecule has 1 aliphatic rings. The van der Waals surface area contributed by atoms with Crippen molar-refractivity contribution in [2.45, 2.75) is 45.6 Å². The summed E-state index contributed by atoms with van der Waals surface area (Å²) in [5, 5.41) is 4.76. The predicted molar refractivity (Wildman–Crippen MR) is 154 cm³/mol. The van der Waals surface area contributed by atoms with E-state index in [1.54, 1.807) is 31.4 Å². The Morgan fingerprint density at radius 3 is 2.87 bits per heavy atom. The fourth-order valence-corrected chi connectivity index (χ4v) is 6.16. The molecule has 2 atom stereocenters. The number of thiophene rings is 1. The molecule has 0 saturated carbocycles. The van der Waals surface area contributed by atoms with Gasteiger partial charge in [-0.2, -0.15) is 5.10 Å². The molecule has 8 nitrogen and oxygen atoms in total. The maximum absolute atomic E-state index is 13.3. The lowest BCUT2D eigenvalue weighted by molar-refractivity contribution is -0.123. The number of amides is 1. The Labute approximate surface area is 231 Å². The molecule has 0 radical (unpaired) electrons. The fourth-order valence-electron chi connectivity index (χ4n) is 4.82. The lowest BCUT2D eigenvalue weighted by atomic mass is 9.89. The highest BCUT2D eigenvalue weighted by molar-refractivity contribution is 7.18. The molecule has 0 saturated heterocycles. The van der Waals surface area contributed by atoms with Crippen molar-refractivity contribution in [3.8, 4) is 11.5 Å². The van der Waals surface area contributed by atoms with Gasteiger partial charge < -0.3 is 9.47 Å². The number of aryl methyl sites for hydroxylation is 1. The molecular weight excluding hydrogens is 512 g/mol. The Bertz CT molecular complexity index is 1560. The molecule has 2 aromatic carbocycles. The van der Waals surface area contributed by atoms with Gasteiger partial charge >= 0.3 is 0 Å². The van der Waals surface area contributed by atoms with E-state index >= 15 is 0 Å². The number of nitrogens with zero attached hydrogens (tertiary/aromatic N) is 3. The molecule has 0 spiro atoms. The predicted octanol–water partition coefficient (Wildman–Crippen LogP) is 4.92. The Morgan fingerprint density at radius 2 is 2.08 bits per heavy atom. The summed E-state index contributed by atoms with van der Waals surface area (Å²) < 4.78 is 12.8. The number of methoxy groups -OCH3 is 1. The molecular formula is C30H32N4O4S. The third-order valence-electron chi connectivity index (χ3n) is 7.10. The number of hydrogen-bond donors (Lipinski definition) is 1. The standard InChI is InChI=1S/C30H32N4O4S/c1-19-9-11-23-26(15-19)39-29-27(23)30(36)34(18-31-29)20(2)28(35)33-32-17-22-10-12-24(25(16-22)37-3)38-14-13-21-7-5-4-6-8-21/h4-8,10,12,16-20H,9,11,13-15H2,1-3H3,(H,33,35)/b32-17-/t19-,20+/m0/s1. The van der Waals surface area contributed by atoms with Crippen molar-refractivity contribution in [1.82, 2.24) is 15.0 Å². The van der Waals surface area contributed by atoms with E-state index in [9.17, 15) is 9.59 Å². The topological polar surface area (TPSA) is 94.8 Å². The van der Waals surface area contributed by atoms with Crippen LogP contribution in [-0.4, -0.2) is 35.4 Å². The number of carbonyl (C=O) groups is 1. The van der Waals surface area contributed by atoms with Gasteiger partial charge in [-0.25, -0.2) is 10.4 Å². The minimum atomic E-state index is -0.764. The molecule has 39 heavy (non-hydrogen) atoms. The second-order valence-electron chi connectivity index (χ2n) is 9.89. The van der Waals surface area contributed by atoms with Gasteiger partial charge in [0.15, 0.2) is 11.5 Å². The van der Waals surface area contributed by atoms with Crippen LogP contribution >= 0.6 is 11.3 Å². The van der Waals surface area contributed by atoms with Gasteiger partial charge in [0.05, 0.1) is 31.6 Å². The lowest BCUT2D eigenvalue weighted by Gasteiger charge is -2.18. The van der Waals surface area contributed by atoms with E-state index in [2.05, 4.69) is 34.6 Å².